The standard InChI is InChI=1S/C29H26F3N3O/c30-29(31,32)24-7-4-8-25-26(24)33-27(22-11-9-21(10-12-22)20-5-2-1-3-6-20)35(25)18-19-15-16-34(17-19)28(36)23-13-14-23/h1-12,19,23H,13-18H2/t19-/m1/s1. The lowest BCUT2D eigenvalue weighted by atomic mass is 10.0. The third kappa shape index (κ3) is 4.27. The van der Waals surface area contributed by atoms with Crippen molar-refractivity contribution in [1.29, 1.82) is 0 Å². The molecule has 2 aliphatic rings. The summed E-state index contributed by atoms with van der Waals surface area (Å²) in [6, 6.07) is 22.0. The Morgan fingerprint density at radius 3 is 2.25 bits per heavy atom. The molecule has 0 N–H and O–H groups in total. The second-order valence-corrected chi connectivity index (χ2v) is 9.87. The van der Waals surface area contributed by atoms with Crippen LogP contribution in [0.25, 0.3) is 33.5 Å². The Bertz CT molecular complexity index is 1410. The number of imidazole rings is 1. The summed E-state index contributed by atoms with van der Waals surface area (Å²) >= 11 is 0. The smallest absolute Gasteiger partial charge is 0.342 e. The Kier molecular flexibility index (Phi) is 5.58. The van der Waals surface area contributed by atoms with E-state index in [1.54, 1.807) is 6.07 Å². The maximum atomic E-state index is 13.8. The van der Waals surface area contributed by atoms with Gasteiger partial charge in [0.1, 0.15) is 11.3 Å². The van der Waals surface area contributed by atoms with Crippen LogP contribution < -0.4 is 0 Å². The highest BCUT2D eigenvalue weighted by atomic mass is 19.4. The van der Waals surface area contributed by atoms with Crippen LogP contribution in [0.2, 0.25) is 0 Å². The number of hydrogen-bond acceptors (Lipinski definition) is 2. The third-order valence-electron chi connectivity index (χ3n) is 7.30. The van der Waals surface area contributed by atoms with E-state index in [0.29, 0.717) is 31.0 Å². The van der Waals surface area contributed by atoms with Crippen molar-refractivity contribution >= 4 is 16.9 Å². The molecule has 184 valence electrons. The number of hydrogen-bond donors (Lipinski definition) is 0. The van der Waals surface area contributed by atoms with Crippen LogP contribution in [-0.4, -0.2) is 33.4 Å². The van der Waals surface area contributed by atoms with Crippen LogP contribution in [0.1, 0.15) is 24.8 Å². The zero-order valence-electron chi connectivity index (χ0n) is 19.7. The normalized spacial score (nSPS) is 18.2. The van der Waals surface area contributed by atoms with Gasteiger partial charge in [-0.25, -0.2) is 4.98 Å². The SMILES string of the molecule is O=C(C1CC1)N1CC[C@@H](Cn2c(-c3ccc(-c4ccccc4)cc3)nc3c(C(F)(F)F)cccc32)C1. The molecular weight excluding hydrogens is 463 g/mol. The molecule has 4 nitrogen and oxygen atoms in total. The summed E-state index contributed by atoms with van der Waals surface area (Å²) in [6.07, 6.45) is -1.72. The summed E-state index contributed by atoms with van der Waals surface area (Å²) in [6.45, 7) is 1.86. The van der Waals surface area contributed by atoms with Gasteiger partial charge in [0.2, 0.25) is 5.91 Å². The molecule has 0 radical (unpaired) electrons. The van der Waals surface area contributed by atoms with E-state index in [0.717, 1.165) is 42.0 Å². The van der Waals surface area contributed by atoms with Gasteiger partial charge in [0.05, 0.1) is 11.1 Å². The molecule has 1 aliphatic carbocycles. The molecule has 1 amide bonds. The summed E-state index contributed by atoms with van der Waals surface area (Å²) < 4.78 is 43.4. The zero-order valence-corrected chi connectivity index (χ0v) is 19.7. The van der Waals surface area contributed by atoms with E-state index in [4.69, 9.17) is 0 Å². The maximum absolute atomic E-state index is 13.8. The van der Waals surface area contributed by atoms with E-state index >= 15 is 0 Å². The van der Waals surface area contributed by atoms with E-state index in [1.807, 2.05) is 64.1 Å². The van der Waals surface area contributed by atoms with Gasteiger partial charge >= 0.3 is 6.18 Å². The lowest BCUT2D eigenvalue weighted by Crippen LogP contribution is -2.30. The summed E-state index contributed by atoms with van der Waals surface area (Å²) in [5, 5.41) is 0. The fraction of sp³-hybridized carbons (Fsp3) is 0.310. The first-order valence-electron chi connectivity index (χ1n) is 12.4. The lowest BCUT2D eigenvalue weighted by Gasteiger charge is -2.18. The molecule has 7 heteroatoms. The molecule has 1 saturated heterocycles. The average Bonchev–Trinajstić information content (AvgIpc) is 3.53. The minimum absolute atomic E-state index is 0.0314. The van der Waals surface area contributed by atoms with Gasteiger partial charge in [0.25, 0.3) is 0 Å². The Balaban J connectivity index is 1.38. The van der Waals surface area contributed by atoms with Crippen molar-refractivity contribution in [3.8, 4) is 22.5 Å². The highest BCUT2D eigenvalue weighted by Gasteiger charge is 2.38. The van der Waals surface area contributed by atoms with Crippen LogP contribution in [0.4, 0.5) is 13.2 Å². The Labute approximate surface area is 207 Å². The predicted octanol–water partition coefficient (Wildman–Crippen LogP) is 6.65. The number of carbonyl (C=O) groups is 1. The van der Waals surface area contributed by atoms with E-state index in [2.05, 4.69) is 4.98 Å². The fourth-order valence-electron chi connectivity index (χ4n) is 5.25. The molecule has 2 fully saturated rings. The van der Waals surface area contributed by atoms with Gasteiger partial charge in [-0.3, -0.25) is 4.79 Å². The third-order valence-corrected chi connectivity index (χ3v) is 7.30. The number of fused-ring (bicyclic) bond motifs is 1. The Hall–Kier alpha value is -3.61. The van der Waals surface area contributed by atoms with Gasteiger partial charge in [-0.15, -0.1) is 0 Å². The summed E-state index contributed by atoms with van der Waals surface area (Å²) in [5.41, 5.74) is 2.59. The van der Waals surface area contributed by atoms with Gasteiger partial charge in [0.15, 0.2) is 0 Å². The topological polar surface area (TPSA) is 38.1 Å². The van der Waals surface area contributed by atoms with Crippen molar-refractivity contribution in [1.82, 2.24) is 14.5 Å². The summed E-state index contributed by atoms with van der Waals surface area (Å²) in [4.78, 5) is 19.0. The molecule has 1 atom stereocenters. The lowest BCUT2D eigenvalue weighted by molar-refractivity contribution is -0.136. The van der Waals surface area contributed by atoms with Crippen molar-refractivity contribution in [2.24, 2.45) is 11.8 Å². The predicted molar refractivity (Wildman–Crippen MR) is 133 cm³/mol. The number of halogens is 3. The molecule has 1 saturated carbocycles. The number of carbonyl (C=O) groups excluding carboxylic acids is 1. The number of para-hydroxylation sites is 1. The Morgan fingerprint density at radius 2 is 1.56 bits per heavy atom. The number of aromatic nitrogens is 2. The largest absolute Gasteiger partial charge is 0.418 e. The Morgan fingerprint density at radius 1 is 0.861 bits per heavy atom. The van der Waals surface area contributed by atoms with Gasteiger partial charge in [-0.05, 0) is 48.4 Å². The van der Waals surface area contributed by atoms with E-state index < -0.39 is 11.7 Å². The number of nitrogens with zero attached hydrogens (tertiary/aromatic N) is 3. The average molecular weight is 490 g/mol. The second kappa shape index (κ2) is 8.80. The molecule has 0 unspecified atom stereocenters. The van der Waals surface area contributed by atoms with Gasteiger partial charge < -0.3 is 9.47 Å². The van der Waals surface area contributed by atoms with Crippen molar-refractivity contribution in [3.05, 3.63) is 78.4 Å². The van der Waals surface area contributed by atoms with E-state index in [9.17, 15) is 18.0 Å². The molecule has 1 aromatic heterocycles. The van der Waals surface area contributed by atoms with Crippen LogP contribution in [0, 0.1) is 11.8 Å². The zero-order chi connectivity index (χ0) is 24.9. The quantitative estimate of drug-likeness (QED) is 0.315. The summed E-state index contributed by atoms with van der Waals surface area (Å²) in [5.74, 6) is 1.09. The first kappa shape index (κ1) is 22.8. The molecule has 1 aliphatic heterocycles. The second-order valence-electron chi connectivity index (χ2n) is 9.87. The van der Waals surface area contributed by atoms with Crippen molar-refractivity contribution in [2.45, 2.75) is 32.0 Å². The molecule has 6 rings (SSSR count). The number of benzene rings is 3. The monoisotopic (exact) mass is 489 g/mol. The number of amides is 1. The van der Waals surface area contributed by atoms with Crippen LogP contribution >= 0.6 is 0 Å². The van der Waals surface area contributed by atoms with Crippen LogP contribution in [0.3, 0.4) is 0 Å². The van der Waals surface area contributed by atoms with Crippen LogP contribution in [-0.2, 0) is 17.5 Å². The molecule has 2 heterocycles. The van der Waals surface area contributed by atoms with Crippen molar-refractivity contribution < 1.29 is 18.0 Å². The van der Waals surface area contributed by atoms with E-state index in [1.165, 1.54) is 6.07 Å². The van der Waals surface area contributed by atoms with Gasteiger partial charge in [0, 0.05) is 31.1 Å². The molecule has 0 spiro atoms. The molecular formula is C29H26F3N3O. The number of rotatable bonds is 5. The van der Waals surface area contributed by atoms with Gasteiger partial charge in [-0.2, -0.15) is 13.2 Å². The molecule has 3 aromatic carbocycles. The van der Waals surface area contributed by atoms with Crippen molar-refractivity contribution in [2.75, 3.05) is 13.1 Å². The minimum atomic E-state index is -4.49. The van der Waals surface area contributed by atoms with E-state index in [-0.39, 0.29) is 23.3 Å². The van der Waals surface area contributed by atoms with Crippen LogP contribution in [0.15, 0.2) is 72.8 Å². The first-order chi connectivity index (χ1) is 17.4. The molecule has 36 heavy (non-hydrogen) atoms. The fourth-order valence-corrected chi connectivity index (χ4v) is 5.25. The number of likely N-dealkylation sites (tertiary alicyclic amines) is 1. The summed E-state index contributed by atoms with van der Waals surface area (Å²) in [7, 11) is 0. The number of alkyl halides is 3. The molecule has 0 bridgehead atoms. The highest BCUT2D eigenvalue weighted by molar-refractivity contribution is 5.84. The first-order valence-corrected chi connectivity index (χ1v) is 12.4. The highest BCUT2D eigenvalue weighted by Crippen LogP contribution is 2.38. The maximum Gasteiger partial charge on any atom is 0.418 e. The van der Waals surface area contributed by atoms with Crippen LogP contribution in [0.5, 0.6) is 0 Å². The molecule has 4 aromatic rings. The van der Waals surface area contributed by atoms with Crippen molar-refractivity contribution in [3.63, 3.8) is 0 Å². The minimum Gasteiger partial charge on any atom is -0.342 e. The van der Waals surface area contributed by atoms with Gasteiger partial charge in [-0.1, -0.05) is 60.7 Å².